The van der Waals surface area contributed by atoms with E-state index in [2.05, 4.69) is 18.7 Å². The van der Waals surface area contributed by atoms with Gasteiger partial charge in [-0.05, 0) is 32.4 Å². The monoisotopic (exact) mass is 237 g/mol. The van der Waals surface area contributed by atoms with Gasteiger partial charge in [0.15, 0.2) is 11.5 Å². The molecule has 1 aromatic rings. The summed E-state index contributed by atoms with van der Waals surface area (Å²) in [6.45, 7) is 4.69. The molecule has 0 unspecified atom stereocenters. The maximum Gasteiger partial charge on any atom is 0.231 e. The van der Waals surface area contributed by atoms with Crippen LogP contribution in [-0.4, -0.2) is 31.1 Å². The molecule has 4 nitrogen and oxygen atoms in total. The standard InChI is InChI=1S/C13H19NO3/c1-13(2,6-7-15)14(3)10-4-5-11-12(8-10)17-9-16-11/h4-5,8,15H,6-7,9H2,1-3H3. The number of hydrogen-bond donors (Lipinski definition) is 1. The Hall–Kier alpha value is -1.42. The molecule has 4 heteroatoms. The number of ether oxygens (including phenoxy) is 2. The molecule has 0 fully saturated rings. The zero-order chi connectivity index (χ0) is 12.5. The van der Waals surface area contributed by atoms with E-state index in [9.17, 15) is 0 Å². The summed E-state index contributed by atoms with van der Waals surface area (Å²) in [5.41, 5.74) is 0.968. The lowest BCUT2D eigenvalue weighted by molar-refractivity contribution is 0.174. The van der Waals surface area contributed by atoms with E-state index in [1.807, 2.05) is 25.2 Å². The van der Waals surface area contributed by atoms with E-state index >= 15 is 0 Å². The number of aliphatic hydroxyl groups excluding tert-OH is 1. The second-order valence-electron chi connectivity index (χ2n) is 4.88. The molecule has 1 aromatic carbocycles. The topological polar surface area (TPSA) is 41.9 Å². The summed E-state index contributed by atoms with van der Waals surface area (Å²) in [4.78, 5) is 2.14. The molecule has 2 rings (SSSR count). The van der Waals surface area contributed by atoms with Crippen molar-refractivity contribution >= 4 is 5.69 Å². The van der Waals surface area contributed by atoms with Crippen LogP contribution in [0.25, 0.3) is 0 Å². The van der Waals surface area contributed by atoms with Gasteiger partial charge in [-0.25, -0.2) is 0 Å². The highest BCUT2D eigenvalue weighted by molar-refractivity contribution is 5.57. The highest BCUT2D eigenvalue weighted by atomic mass is 16.7. The predicted octanol–water partition coefficient (Wildman–Crippen LogP) is 2.01. The van der Waals surface area contributed by atoms with Gasteiger partial charge in [0, 0.05) is 30.9 Å². The van der Waals surface area contributed by atoms with E-state index in [0.717, 1.165) is 23.6 Å². The van der Waals surface area contributed by atoms with E-state index in [0.29, 0.717) is 6.79 Å². The minimum Gasteiger partial charge on any atom is -0.454 e. The van der Waals surface area contributed by atoms with Crippen molar-refractivity contribution in [1.82, 2.24) is 0 Å². The number of fused-ring (bicyclic) bond motifs is 1. The smallest absolute Gasteiger partial charge is 0.231 e. The molecule has 0 aromatic heterocycles. The van der Waals surface area contributed by atoms with Crippen molar-refractivity contribution in [2.75, 3.05) is 25.3 Å². The first-order valence-corrected chi connectivity index (χ1v) is 5.79. The molecular formula is C13H19NO3. The summed E-state index contributed by atoms with van der Waals surface area (Å²) in [5.74, 6) is 1.58. The van der Waals surface area contributed by atoms with E-state index in [4.69, 9.17) is 14.6 Å². The minimum atomic E-state index is -0.0948. The van der Waals surface area contributed by atoms with Crippen molar-refractivity contribution in [2.45, 2.75) is 25.8 Å². The van der Waals surface area contributed by atoms with E-state index in [1.54, 1.807) is 0 Å². The van der Waals surface area contributed by atoms with Gasteiger partial charge in [-0.3, -0.25) is 0 Å². The number of rotatable bonds is 4. The van der Waals surface area contributed by atoms with Crippen molar-refractivity contribution in [3.63, 3.8) is 0 Å². The van der Waals surface area contributed by atoms with Gasteiger partial charge < -0.3 is 19.5 Å². The third kappa shape index (κ3) is 2.31. The fraction of sp³-hybridized carbons (Fsp3) is 0.538. The molecule has 0 radical (unpaired) electrons. The molecule has 94 valence electrons. The molecule has 1 N–H and O–H groups in total. The Morgan fingerprint density at radius 2 is 2.00 bits per heavy atom. The third-order valence-corrected chi connectivity index (χ3v) is 3.38. The lowest BCUT2D eigenvalue weighted by atomic mass is 9.98. The Morgan fingerprint density at radius 3 is 2.71 bits per heavy atom. The number of nitrogens with zero attached hydrogens (tertiary/aromatic N) is 1. The number of hydrogen-bond acceptors (Lipinski definition) is 4. The average molecular weight is 237 g/mol. The molecule has 0 amide bonds. The largest absolute Gasteiger partial charge is 0.454 e. The zero-order valence-electron chi connectivity index (χ0n) is 10.6. The van der Waals surface area contributed by atoms with Crippen LogP contribution in [0.1, 0.15) is 20.3 Å². The third-order valence-electron chi connectivity index (χ3n) is 3.38. The molecule has 0 spiro atoms. The summed E-state index contributed by atoms with van der Waals surface area (Å²) >= 11 is 0. The molecule has 1 heterocycles. The van der Waals surface area contributed by atoms with Crippen molar-refractivity contribution in [1.29, 1.82) is 0 Å². The Kier molecular flexibility index (Phi) is 3.15. The second-order valence-corrected chi connectivity index (χ2v) is 4.88. The summed E-state index contributed by atoms with van der Waals surface area (Å²) < 4.78 is 10.6. The first-order valence-electron chi connectivity index (χ1n) is 5.79. The van der Waals surface area contributed by atoms with Crippen LogP contribution in [0.2, 0.25) is 0 Å². The molecule has 17 heavy (non-hydrogen) atoms. The van der Waals surface area contributed by atoms with E-state index in [-0.39, 0.29) is 12.1 Å². The van der Waals surface area contributed by atoms with Crippen molar-refractivity contribution < 1.29 is 14.6 Å². The highest BCUT2D eigenvalue weighted by Crippen LogP contribution is 2.37. The van der Waals surface area contributed by atoms with Crippen molar-refractivity contribution in [2.24, 2.45) is 0 Å². The molecule has 0 aliphatic carbocycles. The van der Waals surface area contributed by atoms with Gasteiger partial charge >= 0.3 is 0 Å². The Balaban J connectivity index is 2.22. The van der Waals surface area contributed by atoms with Crippen LogP contribution in [0.15, 0.2) is 18.2 Å². The van der Waals surface area contributed by atoms with E-state index in [1.165, 1.54) is 0 Å². The lowest BCUT2D eigenvalue weighted by Crippen LogP contribution is -2.41. The SMILES string of the molecule is CN(c1ccc2c(c1)OCO2)C(C)(C)CCO. The Bertz CT molecular complexity index is 404. The fourth-order valence-corrected chi connectivity index (χ4v) is 1.88. The van der Waals surface area contributed by atoms with Crippen LogP contribution >= 0.6 is 0 Å². The fourth-order valence-electron chi connectivity index (χ4n) is 1.88. The summed E-state index contributed by atoms with van der Waals surface area (Å²) in [6.07, 6.45) is 0.720. The predicted molar refractivity (Wildman–Crippen MR) is 66.7 cm³/mol. The Labute approximate surface area is 102 Å². The summed E-state index contributed by atoms with van der Waals surface area (Å²) in [5, 5.41) is 9.08. The van der Waals surface area contributed by atoms with Crippen molar-refractivity contribution in [3.05, 3.63) is 18.2 Å². The van der Waals surface area contributed by atoms with Gasteiger partial charge in [0.1, 0.15) is 0 Å². The average Bonchev–Trinajstić information content (AvgIpc) is 2.74. The van der Waals surface area contributed by atoms with E-state index < -0.39 is 0 Å². The number of benzene rings is 1. The molecule has 0 atom stereocenters. The minimum absolute atomic E-state index is 0.0948. The number of aliphatic hydroxyl groups is 1. The summed E-state index contributed by atoms with van der Waals surface area (Å²) in [7, 11) is 2.02. The van der Waals surface area contributed by atoms with Crippen LogP contribution in [0.4, 0.5) is 5.69 Å². The van der Waals surface area contributed by atoms with Gasteiger partial charge in [-0.15, -0.1) is 0 Å². The molecular weight excluding hydrogens is 218 g/mol. The first kappa shape index (κ1) is 12.0. The van der Waals surface area contributed by atoms with Gasteiger partial charge in [-0.1, -0.05) is 0 Å². The zero-order valence-corrected chi connectivity index (χ0v) is 10.6. The maximum absolute atomic E-state index is 9.08. The first-order chi connectivity index (χ1) is 8.04. The molecule has 1 aliphatic rings. The molecule has 0 bridgehead atoms. The molecule has 0 saturated carbocycles. The van der Waals surface area contributed by atoms with Gasteiger partial charge in [0.25, 0.3) is 0 Å². The van der Waals surface area contributed by atoms with Crippen LogP contribution in [0, 0.1) is 0 Å². The van der Waals surface area contributed by atoms with Crippen LogP contribution in [0.3, 0.4) is 0 Å². The normalized spacial score (nSPS) is 13.9. The Morgan fingerprint density at radius 1 is 1.29 bits per heavy atom. The quantitative estimate of drug-likeness (QED) is 0.870. The van der Waals surface area contributed by atoms with Crippen LogP contribution < -0.4 is 14.4 Å². The van der Waals surface area contributed by atoms with Gasteiger partial charge in [0.05, 0.1) is 0 Å². The summed E-state index contributed by atoms with van der Waals surface area (Å²) in [6, 6.07) is 5.90. The highest BCUT2D eigenvalue weighted by Gasteiger charge is 2.24. The lowest BCUT2D eigenvalue weighted by Gasteiger charge is -2.37. The van der Waals surface area contributed by atoms with Gasteiger partial charge in [-0.2, -0.15) is 0 Å². The maximum atomic E-state index is 9.08. The second kappa shape index (κ2) is 4.45. The van der Waals surface area contributed by atoms with Crippen molar-refractivity contribution in [3.8, 4) is 11.5 Å². The molecule has 0 saturated heterocycles. The van der Waals surface area contributed by atoms with Crippen LogP contribution in [0.5, 0.6) is 11.5 Å². The molecule has 1 aliphatic heterocycles. The van der Waals surface area contributed by atoms with Gasteiger partial charge in [0.2, 0.25) is 6.79 Å². The number of anilines is 1. The van der Waals surface area contributed by atoms with Crippen LogP contribution in [-0.2, 0) is 0 Å².